The summed E-state index contributed by atoms with van der Waals surface area (Å²) >= 11 is 0. The number of hydrogen-bond donors (Lipinski definition) is 3. The number of carbonyl (C=O) groups is 2. The normalized spacial score (nSPS) is 14.0. The van der Waals surface area contributed by atoms with Crippen LogP contribution < -0.4 is 21.3 Å². The molecule has 2 rings (SSSR count). The van der Waals surface area contributed by atoms with E-state index < -0.39 is 5.91 Å². The Morgan fingerprint density at radius 2 is 1.96 bits per heavy atom. The molecule has 0 unspecified atom stereocenters. The summed E-state index contributed by atoms with van der Waals surface area (Å²) in [5.41, 5.74) is 6.67. The number of nitrogens with zero attached hydrogens (tertiary/aromatic N) is 1. The minimum absolute atomic E-state index is 0.0769. The summed E-state index contributed by atoms with van der Waals surface area (Å²) in [4.78, 5) is 24.6. The molecule has 1 aromatic carbocycles. The third-order valence-corrected chi connectivity index (χ3v) is 3.23. The highest BCUT2D eigenvalue weighted by Crippen LogP contribution is 2.25. The lowest BCUT2D eigenvalue weighted by Gasteiger charge is -2.20. The number of anilines is 2. The quantitative estimate of drug-likeness (QED) is 0.530. The van der Waals surface area contributed by atoms with Gasteiger partial charge in [-0.1, -0.05) is 12.1 Å². The van der Waals surface area contributed by atoms with Gasteiger partial charge in [-0.15, -0.1) is 0 Å². The zero-order chi connectivity index (χ0) is 16.5. The molecule has 0 spiro atoms. The van der Waals surface area contributed by atoms with Crippen LogP contribution in [0.2, 0.25) is 0 Å². The summed E-state index contributed by atoms with van der Waals surface area (Å²) in [6.45, 7) is 2.81. The van der Waals surface area contributed by atoms with E-state index >= 15 is 0 Å². The van der Waals surface area contributed by atoms with E-state index in [-0.39, 0.29) is 32.3 Å². The van der Waals surface area contributed by atoms with E-state index in [1.807, 2.05) is 24.3 Å². The third kappa shape index (κ3) is 5.85. The van der Waals surface area contributed by atoms with E-state index in [0.29, 0.717) is 0 Å². The second-order valence-corrected chi connectivity index (χ2v) is 5.06. The van der Waals surface area contributed by atoms with E-state index in [9.17, 15) is 9.59 Å². The number of rotatable bonds is 9. The maximum atomic E-state index is 11.9. The molecular formula is C15H22N4O4. The first-order chi connectivity index (χ1) is 11.2. The second-order valence-electron chi connectivity index (χ2n) is 5.06. The van der Waals surface area contributed by atoms with Crippen molar-refractivity contribution in [3.63, 3.8) is 0 Å². The molecule has 126 valence electrons. The van der Waals surface area contributed by atoms with E-state index in [1.54, 1.807) is 0 Å². The second kappa shape index (κ2) is 9.09. The fraction of sp³-hybridized carbons (Fsp3) is 0.467. The molecule has 0 radical (unpaired) electrons. The van der Waals surface area contributed by atoms with Gasteiger partial charge in [0.15, 0.2) is 0 Å². The summed E-state index contributed by atoms with van der Waals surface area (Å²) in [6, 6.07) is 7.65. The fourth-order valence-corrected chi connectivity index (χ4v) is 2.21. The Bertz CT molecular complexity index is 532. The van der Waals surface area contributed by atoms with Gasteiger partial charge in [0.05, 0.1) is 31.3 Å². The summed E-state index contributed by atoms with van der Waals surface area (Å²) in [5.74, 6) is -0.768. The zero-order valence-electron chi connectivity index (χ0n) is 12.9. The lowest BCUT2D eigenvalue weighted by Crippen LogP contribution is -2.25. The molecule has 0 atom stereocenters. The summed E-state index contributed by atoms with van der Waals surface area (Å²) in [6.07, 6.45) is 0. The average molecular weight is 322 g/mol. The van der Waals surface area contributed by atoms with Crippen molar-refractivity contribution in [2.75, 3.05) is 56.4 Å². The zero-order valence-corrected chi connectivity index (χ0v) is 12.9. The number of primary amides is 1. The van der Waals surface area contributed by atoms with Gasteiger partial charge in [0, 0.05) is 13.1 Å². The molecule has 4 N–H and O–H groups in total. The van der Waals surface area contributed by atoms with E-state index in [2.05, 4.69) is 15.5 Å². The van der Waals surface area contributed by atoms with Crippen LogP contribution in [-0.2, 0) is 19.1 Å². The van der Waals surface area contributed by atoms with Gasteiger partial charge in [0.25, 0.3) is 0 Å². The van der Waals surface area contributed by atoms with Crippen LogP contribution in [0, 0.1) is 0 Å². The van der Waals surface area contributed by atoms with Crippen molar-refractivity contribution in [3.05, 3.63) is 24.3 Å². The molecule has 1 aliphatic heterocycles. The first kappa shape index (κ1) is 17.2. The van der Waals surface area contributed by atoms with Crippen LogP contribution in [0.15, 0.2) is 24.3 Å². The number of para-hydroxylation sites is 2. The van der Waals surface area contributed by atoms with Gasteiger partial charge in [0.2, 0.25) is 11.8 Å². The predicted octanol–water partition coefficient (Wildman–Crippen LogP) is -0.489. The highest BCUT2D eigenvalue weighted by Gasteiger charge is 2.15. The minimum atomic E-state index is -0.532. The van der Waals surface area contributed by atoms with E-state index in [4.69, 9.17) is 15.2 Å². The van der Waals surface area contributed by atoms with Gasteiger partial charge in [-0.05, 0) is 12.1 Å². The summed E-state index contributed by atoms with van der Waals surface area (Å²) < 4.78 is 10.1. The Morgan fingerprint density at radius 1 is 1.22 bits per heavy atom. The van der Waals surface area contributed by atoms with Crippen molar-refractivity contribution in [3.8, 4) is 0 Å². The predicted molar refractivity (Wildman–Crippen MR) is 86.1 cm³/mol. The Balaban J connectivity index is 1.74. The van der Waals surface area contributed by atoms with Gasteiger partial charge in [0.1, 0.15) is 13.2 Å². The standard InChI is InChI=1S/C15H22N4O4/c16-14(20)9-22-7-8-23-10-15(21)18-12-3-1-2-4-13(12)19-6-5-17-11-19/h1-4,17H,5-11H2,(H2,16,20)(H,18,21). The van der Waals surface area contributed by atoms with Crippen molar-refractivity contribution in [2.24, 2.45) is 5.73 Å². The van der Waals surface area contributed by atoms with Crippen molar-refractivity contribution >= 4 is 23.2 Å². The number of ether oxygens (including phenoxy) is 2. The SMILES string of the molecule is NC(=O)COCCOCC(=O)Nc1ccccc1N1CCNC1. The first-order valence-corrected chi connectivity index (χ1v) is 7.45. The number of benzene rings is 1. The molecule has 23 heavy (non-hydrogen) atoms. The maximum absolute atomic E-state index is 11.9. The molecule has 0 aromatic heterocycles. The average Bonchev–Trinajstić information content (AvgIpc) is 3.05. The molecule has 1 saturated heterocycles. The largest absolute Gasteiger partial charge is 0.369 e. The number of nitrogens with one attached hydrogen (secondary N) is 2. The molecule has 1 aliphatic rings. The molecule has 0 saturated carbocycles. The molecule has 1 aromatic rings. The lowest BCUT2D eigenvalue weighted by atomic mass is 10.2. The molecule has 8 nitrogen and oxygen atoms in total. The molecule has 0 bridgehead atoms. The van der Waals surface area contributed by atoms with Crippen LogP contribution in [-0.4, -0.2) is 58.0 Å². The highest BCUT2D eigenvalue weighted by molar-refractivity contribution is 5.95. The third-order valence-electron chi connectivity index (χ3n) is 3.23. The minimum Gasteiger partial charge on any atom is -0.369 e. The van der Waals surface area contributed by atoms with Crippen LogP contribution in [0.25, 0.3) is 0 Å². The molecular weight excluding hydrogens is 300 g/mol. The van der Waals surface area contributed by atoms with Crippen LogP contribution in [0.1, 0.15) is 0 Å². The highest BCUT2D eigenvalue weighted by atomic mass is 16.5. The Labute approximate surface area is 134 Å². The molecule has 1 fully saturated rings. The first-order valence-electron chi connectivity index (χ1n) is 7.45. The molecule has 1 heterocycles. The van der Waals surface area contributed by atoms with Crippen molar-refractivity contribution in [1.82, 2.24) is 5.32 Å². The van der Waals surface area contributed by atoms with E-state index in [1.165, 1.54) is 0 Å². The van der Waals surface area contributed by atoms with Crippen molar-refractivity contribution < 1.29 is 19.1 Å². The number of nitrogens with two attached hydrogens (primary N) is 1. The van der Waals surface area contributed by atoms with Crippen molar-refractivity contribution in [1.29, 1.82) is 0 Å². The van der Waals surface area contributed by atoms with Gasteiger partial charge >= 0.3 is 0 Å². The molecule has 2 amide bonds. The van der Waals surface area contributed by atoms with Gasteiger partial charge in [-0.2, -0.15) is 0 Å². The summed E-state index contributed by atoms with van der Waals surface area (Å²) in [7, 11) is 0. The molecule has 0 aliphatic carbocycles. The topological polar surface area (TPSA) is 106 Å². The number of amides is 2. The van der Waals surface area contributed by atoms with Gasteiger partial charge in [-0.25, -0.2) is 0 Å². The number of carbonyl (C=O) groups excluding carboxylic acids is 2. The van der Waals surface area contributed by atoms with Crippen LogP contribution in [0.3, 0.4) is 0 Å². The van der Waals surface area contributed by atoms with Crippen LogP contribution in [0.4, 0.5) is 11.4 Å². The van der Waals surface area contributed by atoms with E-state index in [0.717, 1.165) is 31.1 Å². The van der Waals surface area contributed by atoms with Crippen LogP contribution in [0.5, 0.6) is 0 Å². The Hall–Kier alpha value is -2.16. The lowest BCUT2D eigenvalue weighted by molar-refractivity contribution is -0.125. The monoisotopic (exact) mass is 322 g/mol. The molecule has 8 heteroatoms. The Kier molecular flexibility index (Phi) is 6.79. The number of hydrogen-bond acceptors (Lipinski definition) is 6. The smallest absolute Gasteiger partial charge is 0.250 e. The van der Waals surface area contributed by atoms with Crippen molar-refractivity contribution in [2.45, 2.75) is 0 Å². The van der Waals surface area contributed by atoms with Gasteiger partial charge < -0.3 is 25.4 Å². The fourth-order valence-electron chi connectivity index (χ4n) is 2.21. The summed E-state index contributed by atoms with van der Waals surface area (Å²) in [5, 5.41) is 6.10. The maximum Gasteiger partial charge on any atom is 0.250 e. The van der Waals surface area contributed by atoms with Crippen LogP contribution >= 0.6 is 0 Å². The van der Waals surface area contributed by atoms with Gasteiger partial charge in [-0.3, -0.25) is 14.9 Å². The Morgan fingerprint density at radius 3 is 2.65 bits per heavy atom.